The Labute approximate surface area is 85.0 Å². The van der Waals surface area contributed by atoms with Crippen LogP contribution in [0.15, 0.2) is 6.33 Å². The molecule has 0 radical (unpaired) electrons. The Morgan fingerprint density at radius 3 is 3.53 bits per heavy atom. The van der Waals surface area contributed by atoms with E-state index < -0.39 is 12.0 Å². The molecule has 0 saturated carbocycles. The molecule has 4 heterocycles. The highest BCUT2D eigenvalue weighted by molar-refractivity contribution is 5.33. The van der Waals surface area contributed by atoms with E-state index in [0.29, 0.717) is 19.0 Å². The summed E-state index contributed by atoms with van der Waals surface area (Å²) in [6.07, 6.45) is 1.39. The standard InChI is InChI=1S/C8H10N4O3/c13-8-1-4(5-2-14-6(8)15-5)12-7(11-8)9-3-10-12/h3-6,13H,1-2H2,(H,9,10,11)/t4-,5-,6-,8-/m0/s1. The van der Waals surface area contributed by atoms with Crippen LogP contribution in [-0.4, -0.2) is 44.6 Å². The molecule has 2 N–H and O–H groups in total. The summed E-state index contributed by atoms with van der Waals surface area (Å²) in [5.74, 6) is 0.581. The van der Waals surface area contributed by atoms with Crippen molar-refractivity contribution in [3.8, 4) is 0 Å². The first-order valence-electron chi connectivity index (χ1n) is 4.93. The fraction of sp³-hybridized carbons (Fsp3) is 0.750. The Balaban J connectivity index is 1.89. The van der Waals surface area contributed by atoms with Gasteiger partial charge in [-0.3, -0.25) is 0 Å². The highest BCUT2D eigenvalue weighted by Gasteiger charge is 2.57. The Kier molecular flexibility index (Phi) is 1.24. The van der Waals surface area contributed by atoms with Crippen molar-refractivity contribution < 1.29 is 14.6 Å². The monoisotopic (exact) mass is 210 g/mol. The van der Waals surface area contributed by atoms with Crippen LogP contribution in [0.1, 0.15) is 12.5 Å². The van der Waals surface area contributed by atoms with Crippen molar-refractivity contribution in [3.63, 3.8) is 0 Å². The van der Waals surface area contributed by atoms with Crippen LogP contribution in [0.3, 0.4) is 0 Å². The van der Waals surface area contributed by atoms with Crippen molar-refractivity contribution in [1.29, 1.82) is 0 Å². The lowest BCUT2D eigenvalue weighted by molar-refractivity contribution is -0.215. The summed E-state index contributed by atoms with van der Waals surface area (Å²) in [5.41, 5.74) is -1.17. The Hall–Kier alpha value is -1.18. The van der Waals surface area contributed by atoms with E-state index in [1.807, 2.05) is 0 Å². The van der Waals surface area contributed by atoms with Crippen molar-refractivity contribution in [1.82, 2.24) is 14.8 Å². The average Bonchev–Trinajstić information content (AvgIpc) is 2.80. The van der Waals surface area contributed by atoms with E-state index in [1.165, 1.54) is 6.33 Å². The molecule has 2 saturated heterocycles. The van der Waals surface area contributed by atoms with Crippen molar-refractivity contribution in [2.24, 2.45) is 0 Å². The molecule has 0 aliphatic carbocycles. The lowest BCUT2D eigenvalue weighted by Crippen LogP contribution is -2.58. The van der Waals surface area contributed by atoms with Crippen molar-refractivity contribution in [2.75, 3.05) is 11.9 Å². The van der Waals surface area contributed by atoms with E-state index in [-0.39, 0.29) is 12.1 Å². The third-order valence-corrected chi connectivity index (χ3v) is 3.27. The van der Waals surface area contributed by atoms with Crippen LogP contribution in [-0.2, 0) is 9.47 Å². The molecule has 7 heteroatoms. The molecule has 15 heavy (non-hydrogen) atoms. The molecule has 1 aromatic rings. The molecule has 1 aromatic heterocycles. The maximum atomic E-state index is 10.3. The largest absolute Gasteiger partial charge is 0.366 e. The van der Waals surface area contributed by atoms with Crippen LogP contribution in [0.25, 0.3) is 0 Å². The second kappa shape index (κ2) is 2.31. The van der Waals surface area contributed by atoms with E-state index in [1.54, 1.807) is 4.68 Å². The molecule has 0 unspecified atom stereocenters. The van der Waals surface area contributed by atoms with Crippen molar-refractivity contribution in [2.45, 2.75) is 30.6 Å². The molecular formula is C8H10N4O3. The molecule has 3 aliphatic heterocycles. The molecule has 7 nitrogen and oxygen atoms in total. The minimum absolute atomic E-state index is 0.00694. The van der Waals surface area contributed by atoms with Gasteiger partial charge in [0.1, 0.15) is 12.4 Å². The second-order valence-electron chi connectivity index (χ2n) is 4.19. The average molecular weight is 210 g/mol. The lowest BCUT2D eigenvalue weighted by Gasteiger charge is -2.44. The Bertz CT molecular complexity index is 422. The summed E-state index contributed by atoms with van der Waals surface area (Å²) in [6.45, 7) is 0.499. The normalized spacial score (nSPS) is 46.1. The fourth-order valence-corrected chi connectivity index (χ4v) is 2.55. The molecular weight excluding hydrogens is 200 g/mol. The SMILES string of the molecule is O[C@@]12C[C@@H]([C@@H]3CO[C@H]1O3)n1ncnc1N2. The molecule has 80 valence electrons. The summed E-state index contributed by atoms with van der Waals surface area (Å²) in [7, 11) is 0. The zero-order chi connectivity index (χ0) is 10.0. The zero-order valence-electron chi connectivity index (χ0n) is 7.83. The van der Waals surface area contributed by atoms with Gasteiger partial charge in [-0.2, -0.15) is 10.1 Å². The maximum Gasteiger partial charge on any atom is 0.223 e. The van der Waals surface area contributed by atoms with Gasteiger partial charge in [-0.25, -0.2) is 4.68 Å². The molecule has 0 aromatic carbocycles. The predicted octanol–water partition coefficient (Wildman–Crippen LogP) is -0.922. The first kappa shape index (κ1) is 8.03. The zero-order valence-corrected chi connectivity index (χ0v) is 7.83. The highest BCUT2D eigenvalue weighted by atomic mass is 16.7. The van der Waals surface area contributed by atoms with Gasteiger partial charge in [0.25, 0.3) is 0 Å². The van der Waals surface area contributed by atoms with Crippen LogP contribution in [0.2, 0.25) is 0 Å². The van der Waals surface area contributed by atoms with Gasteiger partial charge in [-0.1, -0.05) is 0 Å². The number of anilines is 1. The van der Waals surface area contributed by atoms with Crippen molar-refractivity contribution in [3.05, 3.63) is 6.33 Å². The summed E-state index contributed by atoms with van der Waals surface area (Å²) in [4.78, 5) is 4.05. The number of hydrogen-bond donors (Lipinski definition) is 2. The van der Waals surface area contributed by atoms with E-state index in [4.69, 9.17) is 9.47 Å². The first-order valence-corrected chi connectivity index (χ1v) is 4.93. The van der Waals surface area contributed by atoms with Gasteiger partial charge in [0.15, 0.2) is 5.72 Å². The quantitative estimate of drug-likeness (QED) is 0.576. The maximum absolute atomic E-state index is 10.3. The number of aromatic nitrogens is 3. The van der Waals surface area contributed by atoms with Gasteiger partial charge in [0.05, 0.1) is 12.6 Å². The molecule has 4 rings (SSSR count). The van der Waals surface area contributed by atoms with Gasteiger partial charge in [-0.15, -0.1) is 0 Å². The minimum atomic E-state index is -1.17. The number of hydrogen-bond acceptors (Lipinski definition) is 6. The topological polar surface area (TPSA) is 81.4 Å². The molecule has 0 amide bonds. The smallest absolute Gasteiger partial charge is 0.223 e. The second-order valence-corrected chi connectivity index (χ2v) is 4.19. The predicted molar refractivity (Wildman–Crippen MR) is 46.9 cm³/mol. The van der Waals surface area contributed by atoms with Crippen LogP contribution >= 0.6 is 0 Å². The summed E-state index contributed by atoms with van der Waals surface area (Å²) in [6, 6.07) is 0.00694. The Morgan fingerprint density at radius 2 is 2.60 bits per heavy atom. The minimum Gasteiger partial charge on any atom is -0.366 e. The first-order chi connectivity index (χ1) is 7.26. The molecule has 4 atom stereocenters. The lowest BCUT2D eigenvalue weighted by atomic mass is 9.95. The highest BCUT2D eigenvalue weighted by Crippen LogP contribution is 2.44. The van der Waals surface area contributed by atoms with E-state index in [2.05, 4.69) is 15.4 Å². The summed E-state index contributed by atoms with van der Waals surface area (Å²) in [5, 5.41) is 17.3. The van der Waals surface area contributed by atoms with E-state index >= 15 is 0 Å². The van der Waals surface area contributed by atoms with Gasteiger partial charge in [0.2, 0.25) is 12.2 Å². The third kappa shape index (κ3) is 0.858. The fourth-order valence-electron chi connectivity index (χ4n) is 2.55. The molecule has 3 aliphatic rings. The number of fused-ring (bicyclic) bond motifs is 8. The van der Waals surface area contributed by atoms with Gasteiger partial charge in [-0.05, 0) is 0 Å². The van der Waals surface area contributed by atoms with Crippen LogP contribution in [0, 0.1) is 0 Å². The van der Waals surface area contributed by atoms with E-state index in [9.17, 15) is 5.11 Å². The molecule has 2 fully saturated rings. The number of ether oxygens (including phenoxy) is 2. The van der Waals surface area contributed by atoms with E-state index in [0.717, 1.165) is 0 Å². The van der Waals surface area contributed by atoms with Crippen LogP contribution in [0.4, 0.5) is 5.95 Å². The number of nitrogens with one attached hydrogen (secondary N) is 1. The Morgan fingerprint density at radius 1 is 1.67 bits per heavy atom. The third-order valence-electron chi connectivity index (χ3n) is 3.27. The van der Waals surface area contributed by atoms with Gasteiger partial charge < -0.3 is 19.9 Å². The number of rotatable bonds is 0. The number of aliphatic hydroxyl groups is 1. The summed E-state index contributed by atoms with van der Waals surface area (Å²) < 4.78 is 12.7. The summed E-state index contributed by atoms with van der Waals surface area (Å²) >= 11 is 0. The van der Waals surface area contributed by atoms with Gasteiger partial charge >= 0.3 is 0 Å². The van der Waals surface area contributed by atoms with Gasteiger partial charge in [0, 0.05) is 6.42 Å². The number of nitrogens with zero attached hydrogens (tertiary/aromatic N) is 3. The molecule has 4 bridgehead atoms. The van der Waals surface area contributed by atoms with Crippen LogP contribution in [0.5, 0.6) is 0 Å². The van der Waals surface area contributed by atoms with Crippen molar-refractivity contribution >= 4 is 5.95 Å². The van der Waals surface area contributed by atoms with Crippen LogP contribution < -0.4 is 5.32 Å². The molecule has 0 spiro atoms.